The number of amides is 2. The van der Waals surface area contributed by atoms with Gasteiger partial charge in [-0.25, -0.2) is 4.39 Å². The van der Waals surface area contributed by atoms with Crippen molar-refractivity contribution in [2.24, 2.45) is 5.92 Å². The van der Waals surface area contributed by atoms with Crippen molar-refractivity contribution in [2.45, 2.75) is 6.42 Å². The van der Waals surface area contributed by atoms with Gasteiger partial charge in [0.1, 0.15) is 11.6 Å². The second-order valence-corrected chi connectivity index (χ2v) is 7.37. The van der Waals surface area contributed by atoms with Gasteiger partial charge in [-0.3, -0.25) is 9.59 Å². The fraction of sp³-hybridized carbons (Fsp3) is 0.364. The van der Waals surface area contributed by atoms with Gasteiger partial charge in [0.05, 0.1) is 18.7 Å². The van der Waals surface area contributed by atoms with Crippen LogP contribution in [0, 0.1) is 11.7 Å². The van der Waals surface area contributed by atoms with Gasteiger partial charge in [-0.15, -0.1) is 0 Å². The molecule has 0 saturated carbocycles. The Balaban J connectivity index is 1.37. The molecule has 0 N–H and O–H groups in total. The summed E-state index contributed by atoms with van der Waals surface area (Å²) in [5.41, 5.74) is 1.34. The van der Waals surface area contributed by atoms with Gasteiger partial charge in [0, 0.05) is 44.8 Å². The summed E-state index contributed by atoms with van der Waals surface area (Å²) in [6.07, 6.45) is 0.221. The maximum absolute atomic E-state index is 14.0. The van der Waals surface area contributed by atoms with Gasteiger partial charge < -0.3 is 19.4 Å². The van der Waals surface area contributed by atoms with Gasteiger partial charge in [-0.05, 0) is 36.4 Å². The molecule has 0 unspecified atom stereocenters. The molecule has 152 valence electrons. The smallest absolute Gasteiger partial charge is 0.228 e. The van der Waals surface area contributed by atoms with Gasteiger partial charge >= 0.3 is 0 Å². The molecule has 0 aliphatic carbocycles. The van der Waals surface area contributed by atoms with Crippen molar-refractivity contribution in [3.8, 4) is 5.75 Å². The number of carbonyl (C=O) groups excluding carboxylic acids is 2. The van der Waals surface area contributed by atoms with E-state index >= 15 is 0 Å². The fourth-order valence-corrected chi connectivity index (χ4v) is 4.02. The first-order valence-corrected chi connectivity index (χ1v) is 9.79. The van der Waals surface area contributed by atoms with Crippen molar-refractivity contribution >= 4 is 23.2 Å². The highest BCUT2D eigenvalue weighted by atomic mass is 19.1. The third-order valence-corrected chi connectivity index (χ3v) is 5.64. The van der Waals surface area contributed by atoms with Crippen LogP contribution in [0.25, 0.3) is 0 Å². The van der Waals surface area contributed by atoms with Crippen LogP contribution in [0.2, 0.25) is 0 Å². The minimum atomic E-state index is -0.343. The highest BCUT2D eigenvalue weighted by Crippen LogP contribution is 2.28. The molecular weight excluding hydrogens is 373 g/mol. The summed E-state index contributed by atoms with van der Waals surface area (Å²) in [5.74, 6) is 0.0928. The lowest BCUT2D eigenvalue weighted by Gasteiger charge is -2.37. The molecule has 2 aromatic carbocycles. The molecular formula is C22H24FN3O3. The Morgan fingerprint density at radius 3 is 2.38 bits per heavy atom. The Labute approximate surface area is 169 Å². The highest BCUT2D eigenvalue weighted by molar-refractivity contribution is 6.00. The molecule has 2 saturated heterocycles. The van der Waals surface area contributed by atoms with Crippen molar-refractivity contribution < 1.29 is 18.7 Å². The highest BCUT2D eigenvalue weighted by Gasteiger charge is 2.38. The van der Waals surface area contributed by atoms with E-state index in [9.17, 15) is 14.0 Å². The first-order chi connectivity index (χ1) is 14.1. The lowest BCUT2D eigenvalue weighted by Crippen LogP contribution is -2.51. The third kappa shape index (κ3) is 3.90. The summed E-state index contributed by atoms with van der Waals surface area (Å²) in [6.45, 7) is 2.60. The molecule has 0 radical (unpaired) electrons. The lowest BCUT2D eigenvalue weighted by atomic mass is 10.1. The van der Waals surface area contributed by atoms with Crippen molar-refractivity contribution in [2.75, 3.05) is 49.6 Å². The van der Waals surface area contributed by atoms with E-state index in [0.29, 0.717) is 38.4 Å². The van der Waals surface area contributed by atoms with Gasteiger partial charge in [-0.2, -0.15) is 0 Å². The topological polar surface area (TPSA) is 53.1 Å². The van der Waals surface area contributed by atoms with Gasteiger partial charge in [0.25, 0.3) is 0 Å². The Morgan fingerprint density at radius 1 is 1.03 bits per heavy atom. The number of ether oxygens (including phenoxy) is 1. The Bertz CT molecular complexity index is 894. The first kappa shape index (κ1) is 19.2. The molecule has 29 heavy (non-hydrogen) atoms. The Morgan fingerprint density at radius 2 is 1.72 bits per heavy atom. The summed E-state index contributed by atoms with van der Waals surface area (Å²) in [5, 5.41) is 0. The minimum absolute atomic E-state index is 0.00236. The predicted octanol–water partition coefficient (Wildman–Crippen LogP) is 2.54. The van der Waals surface area contributed by atoms with E-state index in [4.69, 9.17) is 4.74 Å². The van der Waals surface area contributed by atoms with Crippen LogP contribution in [-0.2, 0) is 9.59 Å². The molecule has 2 heterocycles. The number of nitrogens with zero attached hydrogens (tertiary/aromatic N) is 3. The summed E-state index contributed by atoms with van der Waals surface area (Å²) >= 11 is 0. The number of anilines is 2. The number of methoxy groups -OCH3 is 1. The predicted molar refractivity (Wildman–Crippen MR) is 109 cm³/mol. The summed E-state index contributed by atoms with van der Waals surface area (Å²) in [7, 11) is 1.59. The molecule has 0 spiro atoms. The average molecular weight is 397 g/mol. The van der Waals surface area contributed by atoms with Crippen LogP contribution in [0.4, 0.5) is 15.8 Å². The summed E-state index contributed by atoms with van der Waals surface area (Å²) in [4.78, 5) is 30.9. The average Bonchev–Trinajstić information content (AvgIpc) is 3.15. The Kier molecular flexibility index (Phi) is 5.38. The molecule has 2 aliphatic rings. The molecule has 2 aromatic rings. The molecule has 2 aliphatic heterocycles. The van der Waals surface area contributed by atoms with Crippen molar-refractivity contribution in [3.63, 3.8) is 0 Å². The number of rotatable bonds is 4. The number of hydrogen-bond acceptors (Lipinski definition) is 4. The second-order valence-electron chi connectivity index (χ2n) is 7.37. The first-order valence-electron chi connectivity index (χ1n) is 9.79. The Hall–Kier alpha value is -3.09. The largest absolute Gasteiger partial charge is 0.497 e. The number of halogens is 1. The van der Waals surface area contributed by atoms with Crippen molar-refractivity contribution in [1.82, 2.24) is 4.90 Å². The van der Waals surface area contributed by atoms with E-state index in [2.05, 4.69) is 0 Å². The van der Waals surface area contributed by atoms with Crippen molar-refractivity contribution in [1.29, 1.82) is 0 Å². The minimum Gasteiger partial charge on any atom is -0.497 e. The van der Waals surface area contributed by atoms with E-state index in [1.807, 2.05) is 23.1 Å². The molecule has 0 bridgehead atoms. The number of carbonyl (C=O) groups is 2. The summed E-state index contributed by atoms with van der Waals surface area (Å²) < 4.78 is 19.2. The van der Waals surface area contributed by atoms with Crippen LogP contribution in [-0.4, -0.2) is 56.5 Å². The normalized spacial score (nSPS) is 19.6. The molecule has 2 amide bonds. The van der Waals surface area contributed by atoms with Gasteiger partial charge in [0.15, 0.2) is 0 Å². The van der Waals surface area contributed by atoms with Crippen molar-refractivity contribution in [3.05, 3.63) is 54.3 Å². The summed E-state index contributed by atoms with van der Waals surface area (Å²) in [6, 6.07) is 14.0. The number of piperazine rings is 1. The molecule has 6 nitrogen and oxygen atoms in total. The van der Waals surface area contributed by atoms with E-state index in [1.54, 1.807) is 41.2 Å². The zero-order chi connectivity index (χ0) is 20.4. The van der Waals surface area contributed by atoms with Crippen LogP contribution < -0.4 is 14.5 Å². The lowest BCUT2D eigenvalue weighted by molar-refractivity contribution is -0.136. The zero-order valence-corrected chi connectivity index (χ0v) is 16.4. The number of para-hydroxylation sites is 1. The fourth-order valence-electron chi connectivity index (χ4n) is 4.02. The number of hydrogen-bond donors (Lipinski definition) is 0. The van der Waals surface area contributed by atoms with Gasteiger partial charge in [-0.1, -0.05) is 12.1 Å². The quantitative estimate of drug-likeness (QED) is 0.796. The number of benzene rings is 2. The third-order valence-electron chi connectivity index (χ3n) is 5.64. The molecule has 0 aromatic heterocycles. The maximum atomic E-state index is 14.0. The van der Waals surface area contributed by atoms with E-state index in [1.165, 1.54) is 6.07 Å². The van der Waals surface area contributed by atoms with E-state index in [-0.39, 0.29) is 30.0 Å². The molecule has 1 atom stereocenters. The van der Waals surface area contributed by atoms with Crippen LogP contribution in [0.15, 0.2) is 48.5 Å². The van der Waals surface area contributed by atoms with E-state index in [0.717, 1.165) is 11.4 Å². The van der Waals surface area contributed by atoms with Crippen LogP contribution in [0.3, 0.4) is 0 Å². The maximum Gasteiger partial charge on any atom is 0.228 e. The molecule has 4 rings (SSSR count). The SMILES string of the molecule is COc1ccc(N2C[C@H](C(=O)N3CCN(c4ccccc4F)CC3)CC2=O)cc1. The molecule has 2 fully saturated rings. The monoisotopic (exact) mass is 397 g/mol. The van der Waals surface area contributed by atoms with Crippen LogP contribution >= 0.6 is 0 Å². The second kappa shape index (κ2) is 8.11. The van der Waals surface area contributed by atoms with E-state index < -0.39 is 0 Å². The van der Waals surface area contributed by atoms with Crippen LogP contribution in [0.5, 0.6) is 5.75 Å². The van der Waals surface area contributed by atoms with Gasteiger partial charge in [0.2, 0.25) is 11.8 Å². The zero-order valence-electron chi connectivity index (χ0n) is 16.4. The molecule has 7 heteroatoms. The standard InChI is InChI=1S/C22H24FN3O3/c1-29-18-8-6-17(7-9-18)26-15-16(14-21(26)27)22(28)25-12-10-24(11-13-25)20-5-3-2-4-19(20)23/h2-9,16H,10-15H2,1H3/t16-/m1/s1. The van der Waals surface area contributed by atoms with Crippen LogP contribution in [0.1, 0.15) is 6.42 Å².